The molecule has 0 aliphatic rings. The highest BCUT2D eigenvalue weighted by molar-refractivity contribution is 5.89. The SMILES string of the molecule is CCCn1c(/C=C\C=NC)c(C)c2ccccc21. The summed E-state index contributed by atoms with van der Waals surface area (Å²) in [7, 11) is 1.79. The number of hydrogen-bond acceptors (Lipinski definition) is 1. The van der Waals surface area contributed by atoms with Crippen LogP contribution < -0.4 is 0 Å². The number of aryl methyl sites for hydroxylation is 2. The van der Waals surface area contributed by atoms with Gasteiger partial charge in [0.15, 0.2) is 0 Å². The number of para-hydroxylation sites is 1. The van der Waals surface area contributed by atoms with Gasteiger partial charge < -0.3 is 4.57 Å². The van der Waals surface area contributed by atoms with Crippen molar-refractivity contribution in [2.24, 2.45) is 4.99 Å². The van der Waals surface area contributed by atoms with Crippen LogP contribution in [0.5, 0.6) is 0 Å². The van der Waals surface area contributed by atoms with E-state index in [9.17, 15) is 0 Å². The zero-order valence-corrected chi connectivity index (χ0v) is 11.4. The third-order valence-electron chi connectivity index (χ3n) is 3.21. The molecule has 0 amide bonds. The van der Waals surface area contributed by atoms with Gasteiger partial charge in [0, 0.05) is 36.4 Å². The number of rotatable bonds is 4. The Morgan fingerprint density at radius 1 is 1.28 bits per heavy atom. The molecule has 0 aliphatic heterocycles. The average molecular weight is 240 g/mol. The summed E-state index contributed by atoms with van der Waals surface area (Å²) >= 11 is 0. The van der Waals surface area contributed by atoms with Gasteiger partial charge in [-0.25, -0.2) is 0 Å². The zero-order chi connectivity index (χ0) is 13.0. The molecule has 0 fully saturated rings. The Labute approximate surface area is 109 Å². The van der Waals surface area contributed by atoms with Crippen molar-refractivity contribution in [2.75, 3.05) is 7.05 Å². The molecule has 2 nitrogen and oxygen atoms in total. The highest BCUT2D eigenvalue weighted by Crippen LogP contribution is 2.26. The highest BCUT2D eigenvalue weighted by atomic mass is 15.0. The predicted octanol–water partition coefficient (Wildman–Crippen LogP) is 4.07. The van der Waals surface area contributed by atoms with Crippen LogP contribution in [0.25, 0.3) is 17.0 Å². The molecule has 1 heterocycles. The van der Waals surface area contributed by atoms with Crippen LogP contribution in [0, 0.1) is 6.92 Å². The monoisotopic (exact) mass is 240 g/mol. The minimum atomic E-state index is 1.05. The Morgan fingerprint density at radius 2 is 2.06 bits per heavy atom. The van der Waals surface area contributed by atoms with Gasteiger partial charge >= 0.3 is 0 Å². The van der Waals surface area contributed by atoms with Crippen molar-refractivity contribution < 1.29 is 0 Å². The zero-order valence-electron chi connectivity index (χ0n) is 11.4. The summed E-state index contributed by atoms with van der Waals surface area (Å²) in [5.74, 6) is 0. The van der Waals surface area contributed by atoms with Crippen LogP contribution in [0.3, 0.4) is 0 Å². The van der Waals surface area contributed by atoms with E-state index in [1.807, 2.05) is 12.3 Å². The molecule has 0 unspecified atom stereocenters. The Balaban J connectivity index is 2.61. The summed E-state index contributed by atoms with van der Waals surface area (Å²) in [6.07, 6.45) is 7.12. The molecule has 1 aromatic heterocycles. The van der Waals surface area contributed by atoms with Crippen molar-refractivity contribution >= 4 is 23.2 Å². The molecule has 0 bridgehead atoms. The summed E-state index contributed by atoms with van der Waals surface area (Å²) in [5, 5.41) is 1.35. The van der Waals surface area contributed by atoms with Crippen LogP contribution in [0.15, 0.2) is 35.3 Å². The summed E-state index contributed by atoms with van der Waals surface area (Å²) in [5.41, 5.74) is 3.96. The number of benzene rings is 1. The van der Waals surface area contributed by atoms with E-state index in [0.717, 1.165) is 13.0 Å². The van der Waals surface area contributed by atoms with E-state index in [4.69, 9.17) is 0 Å². The van der Waals surface area contributed by atoms with E-state index in [1.165, 1.54) is 22.2 Å². The lowest BCUT2D eigenvalue weighted by atomic mass is 10.1. The molecule has 0 saturated heterocycles. The van der Waals surface area contributed by atoms with Crippen molar-refractivity contribution in [2.45, 2.75) is 26.8 Å². The summed E-state index contributed by atoms with van der Waals surface area (Å²) in [6.45, 7) is 5.46. The number of allylic oxidation sites excluding steroid dienone is 1. The van der Waals surface area contributed by atoms with Crippen LogP contribution in [-0.4, -0.2) is 17.8 Å². The summed E-state index contributed by atoms with van der Waals surface area (Å²) in [6, 6.07) is 8.60. The fraction of sp³-hybridized carbons (Fsp3) is 0.312. The molecule has 0 radical (unpaired) electrons. The third kappa shape index (κ3) is 2.23. The van der Waals surface area contributed by atoms with Crippen molar-refractivity contribution in [1.82, 2.24) is 4.57 Å². The number of hydrogen-bond donors (Lipinski definition) is 0. The van der Waals surface area contributed by atoms with Gasteiger partial charge in [0.2, 0.25) is 0 Å². The molecule has 18 heavy (non-hydrogen) atoms. The predicted molar refractivity (Wildman–Crippen MR) is 80.4 cm³/mol. The number of aliphatic imine (C=N–C) groups is 1. The first kappa shape index (κ1) is 12.6. The molecule has 2 heteroatoms. The maximum atomic E-state index is 3.99. The average Bonchev–Trinajstić information content (AvgIpc) is 2.66. The molecule has 1 aromatic carbocycles. The van der Waals surface area contributed by atoms with Gasteiger partial charge in [0.1, 0.15) is 0 Å². The van der Waals surface area contributed by atoms with E-state index in [1.54, 1.807) is 7.05 Å². The Morgan fingerprint density at radius 3 is 2.78 bits per heavy atom. The molecule has 2 aromatic rings. The van der Waals surface area contributed by atoms with E-state index in [2.05, 4.69) is 53.7 Å². The van der Waals surface area contributed by atoms with Crippen LogP contribution in [0.4, 0.5) is 0 Å². The van der Waals surface area contributed by atoms with E-state index < -0.39 is 0 Å². The minimum absolute atomic E-state index is 1.05. The van der Waals surface area contributed by atoms with Gasteiger partial charge in [-0.05, 0) is 37.1 Å². The molecular weight excluding hydrogens is 220 g/mol. The molecule has 2 rings (SSSR count). The fourth-order valence-electron chi connectivity index (χ4n) is 2.40. The topological polar surface area (TPSA) is 17.3 Å². The number of nitrogens with zero attached hydrogens (tertiary/aromatic N) is 2. The molecule has 0 aliphatic carbocycles. The van der Waals surface area contributed by atoms with Crippen molar-refractivity contribution in [3.05, 3.63) is 41.6 Å². The van der Waals surface area contributed by atoms with E-state index >= 15 is 0 Å². The van der Waals surface area contributed by atoms with E-state index in [0.29, 0.717) is 0 Å². The summed E-state index contributed by atoms with van der Waals surface area (Å²) < 4.78 is 2.39. The second kappa shape index (κ2) is 5.67. The van der Waals surface area contributed by atoms with Crippen LogP contribution in [-0.2, 0) is 6.54 Å². The second-order valence-corrected chi connectivity index (χ2v) is 4.45. The van der Waals surface area contributed by atoms with Crippen molar-refractivity contribution in [1.29, 1.82) is 0 Å². The summed E-state index contributed by atoms with van der Waals surface area (Å²) in [4.78, 5) is 3.99. The van der Waals surface area contributed by atoms with Crippen LogP contribution in [0.2, 0.25) is 0 Å². The number of aromatic nitrogens is 1. The largest absolute Gasteiger partial charge is 0.341 e. The number of fused-ring (bicyclic) bond motifs is 1. The first-order valence-electron chi connectivity index (χ1n) is 6.46. The van der Waals surface area contributed by atoms with Gasteiger partial charge in [0.25, 0.3) is 0 Å². The smallest absolute Gasteiger partial charge is 0.0487 e. The first-order chi connectivity index (χ1) is 8.79. The van der Waals surface area contributed by atoms with Gasteiger partial charge in [-0.2, -0.15) is 0 Å². The standard InChI is InChI=1S/C16H20N2/c1-4-12-18-15(10-7-11-17-3)13(2)14-8-5-6-9-16(14)18/h5-11H,4,12H2,1-3H3/b10-7-,17-11?. The maximum absolute atomic E-state index is 3.99. The van der Waals surface area contributed by atoms with E-state index in [-0.39, 0.29) is 0 Å². The van der Waals surface area contributed by atoms with Crippen LogP contribution in [0.1, 0.15) is 24.6 Å². The third-order valence-corrected chi connectivity index (χ3v) is 3.21. The Kier molecular flexibility index (Phi) is 3.98. The molecule has 0 atom stereocenters. The fourth-order valence-corrected chi connectivity index (χ4v) is 2.40. The molecule has 0 spiro atoms. The second-order valence-electron chi connectivity index (χ2n) is 4.45. The first-order valence-corrected chi connectivity index (χ1v) is 6.46. The maximum Gasteiger partial charge on any atom is 0.0487 e. The van der Waals surface area contributed by atoms with Gasteiger partial charge in [-0.15, -0.1) is 0 Å². The Hall–Kier alpha value is -1.83. The normalized spacial score (nSPS) is 12.2. The lowest BCUT2D eigenvalue weighted by Gasteiger charge is -2.06. The minimum Gasteiger partial charge on any atom is -0.341 e. The van der Waals surface area contributed by atoms with Gasteiger partial charge in [-0.3, -0.25) is 4.99 Å². The molecule has 0 N–H and O–H groups in total. The lowest BCUT2D eigenvalue weighted by Crippen LogP contribution is -1.99. The quantitative estimate of drug-likeness (QED) is 0.717. The van der Waals surface area contributed by atoms with Gasteiger partial charge in [-0.1, -0.05) is 25.1 Å². The molecule has 0 saturated carbocycles. The Bertz CT molecular complexity index is 588. The molecular formula is C16H20N2. The van der Waals surface area contributed by atoms with Gasteiger partial charge in [0.05, 0.1) is 0 Å². The van der Waals surface area contributed by atoms with Crippen LogP contribution >= 0.6 is 0 Å². The molecule has 94 valence electrons. The van der Waals surface area contributed by atoms with Crippen molar-refractivity contribution in [3.8, 4) is 0 Å². The lowest BCUT2D eigenvalue weighted by molar-refractivity contribution is 0.697. The van der Waals surface area contributed by atoms with Crippen molar-refractivity contribution in [3.63, 3.8) is 0 Å². The highest BCUT2D eigenvalue weighted by Gasteiger charge is 2.10.